The second-order valence-corrected chi connectivity index (χ2v) is 4.59. The molecule has 0 bridgehead atoms. The first-order valence-electron chi connectivity index (χ1n) is 6.35. The summed E-state index contributed by atoms with van der Waals surface area (Å²) in [5.74, 6) is 0.285. The Balaban J connectivity index is 1.94. The molecule has 4 N–H and O–H groups in total. The fourth-order valence-electron chi connectivity index (χ4n) is 2.07. The number of nitrogens with zero attached hydrogens (tertiary/aromatic N) is 1. The van der Waals surface area contributed by atoms with Crippen molar-refractivity contribution in [1.82, 2.24) is 4.98 Å². The minimum absolute atomic E-state index is 0.195. The molecule has 21 heavy (non-hydrogen) atoms. The van der Waals surface area contributed by atoms with Crippen LogP contribution in [-0.2, 0) is 0 Å². The average Bonchev–Trinajstić information content (AvgIpc) is 2.49. The number of ether oxygens (including phenoxy) is 1. The van der Waals surface area contributed by atoms with Gasteiger partial charge in [0.15, 0.2) is 0 Å². The molecule has 0 aliphatic carbocycles. The van der Waals surface area contributed by atoms with Crippen molar-refractivity contribution in [2.75, 3.05) is 5.73 Å². The fourth-order valence-corrected chi connectivity index (χ4v) is 2.07. The highest BCUT2D eigenvalue weighted by molar-refractivity contribution is 5.98. The van der Waals surface area contributed by atoms with E-state index in [4.69, 9.17) is 16.2 Å². The molecular weight excluding hydrogens is 266 g/mol. The Morgan fingerprint density at radius 2 is 1.81 bits per heavy atom. The van der Waals surface area contributed by atoms with Gasteiger partial charge in [-0.15, -0.1) is 0 Å². The van der Waals surface area contributed by atoms with Gasteiger partial charge in [0, 0.05) is 6.07 Å². The van der Waals surface area contributed by atoms with Crippen LogP contribution in [0.4, 0.5) is 5.69 Å². The molecule has 104 valence electrons. The first-order chi connectivity index (χ1) is 10.1. The molecule has 1 heterocycles. The van der Waals surface area contributed by atoms with E-state index in [1.54, 1.807) is 0 Å². The number of benzene rings is 2. The van der Waals surface area contributed by atoms with Crippen molar-refractivity contribution in [2.24, 2.45) is 5.73 Å². The van der Waals surface area contributed by atoms with Crippen LogP contribution in [0.1, 0.15) is 10.4 Å². The van der Waals surface area contributed by atoms with Crippen molar-refractivity contribution in [2.45, 2.75) is 0 Å². The molecule has 5 nitrogen and oxygen atoms in total. The van der Waals surface area contributed by atoms with E-state index in [2.05, 4.69) is 4.98 Å². The quantitative estimate of drug-likeness (QED) is 0.771. The Hall–Kier alpha value is -3.08. The van der Waals surface area contributed by atoms with Gasteiger partial charge in [0.2, 0.25) is 5.88 Å². The SMILES string of the molecule is NC(=O)c1cc(Oc2ccc3ccccc3c2)ncc1N. The van der Waals surface area contributed by atoms with Crippen molar-refractivity contribution in [3.05, 3.63) is 60.3 Å². The lowest BCUT2D eigenvalue weighted by atomic mass is 10.1. The van der Waals surface area contributed by atoms with E-state index < -0.39 is 5.91 Å². The highest BCUT2D eigenvalue weighted by atomic mass is 16.5. The molecule has 0 aliphatic heterocycles. The Morgan fingerprint density at radius 1 is 1.05 bits per heavy atom. The summed E-state index contributed by atoms with van der Waals surface area (Å²) >= 11 is 0. The van der Waals surface area contributed by atoms with Gasteiger partial charge in [-0.2, -0.15) is 0 Å². The van der Waals surface area contributed by atoms with E-state index in [9.17, 15) is 4.79 Å². The Labute approximate surface area is 121 Å². The molecule has 0 radical (unpaired) electrons. The Morgan fingerprint density at radius 3 is 2.57 bits per heavy atom. The van der Waals surface area contributed by atoms with Crippen LogP contribution in [0.15, 0.2) is 54.7 Å². The van der Waals surface area contributed by atoms with E-state index in [0.29, 0.717) is 5.75 Å². The lowest BCUT2D eigenvalue weighted by Crippen LogP contribution is -2.13. The normalized spacial score (nSPS) is 10.5. The topological polar surface area (TPSA) is 91.2 Å². The van der Waals surface area contributed by atoms with Gasteiger partial charge in [0.25, 0.3) is 5.91 Å². The smallest absolute Gasteiger partial charge is 0.251 e. The van der Waals surface area contributed by atoms with Gasteiger partial charge in [-0.25, -0.2) is 4.98 Å². The van der Waals surface area contributed by atoms with Gasteiger partial charge in [0.05, 0.1) is 17.4 Å². The van der Waals surface area contributed by atoms with Gasteiger partial charge in [-0.05, 0) is 22.9 Å². The zero-order chi connectivity index (χ0) is 14.8. The van der Waals surface area contributed by atoms with Gasteiger partial charge in [-0.3, -0.25) is 4.79 Å². The molecule has 3 rings (SSSR count). The molecule has 1 amide bonds. The van der Waals surface area contributed by atoms with Crippen molar-refractivity contribution >= 4 is 22.4 Å². The van der Waals surface area contributed by atoms with Crippen LogP contribution in [0, 0.1) is 0 Å². The number of fused-ring (bicyclic) bond motifs is 1. The van der Waals surface area contributed by atoms with E-state index in [1.165, 1.54) is 12.3 Å². The maximum absolute atomic E-state index is 11.3. The molecule has 0 aliphatic rings. The van der Waals surface area contributed by atoms with Crippen LogP contribution in [0.2, 0.25) is 0 Å². The van der Waals surface area contributed by atoms with Gasteiger partial charge < -0.3 is 16.2 Å². The number of nitrogens with two attached hydrogens (primary N) is 2. The Bertz CT molecular complexity index is 831. The lowest BCUT2D eigenvalue weighted by Gasteiger charge is -2.08. The van der Waals surface area contributed by atoms with E-state index in [0.717, 1.165) is 10.8 Å². The largest absolute Gasteiger partial charge is 0.439 e. The summed E-state index contributed by atoms with van der Waals surface area (Å²) in [5.41, 5.74) is 11.3. The van der Waals surface area contributed by atoms with Crippen LogP contribution >= 0.6 is 0 Å². The molecule has 2 aromatic carbocycles. The third kappa shape index (κ3) is 2.62. The summed E-state index contributed by atoms with van der Waals surface area (Å²) in [7, 11) is 0. The summed E-state index contributed by atoms with van der Waals surface area (Å²) in [6.07, 6.45) is 1.36. The lowest BCUT2D eigenvalue weighted by molar-refractivity contribution is 0.100. The zero-order valence-electron chi connectivity index (χ0n) is 11.1. The van der Waals surface area contributed by atoms with Crippen molar-refractivity contribution < 1.29 is 9.53 Å². The molecule has 5 heteroatoms. The molecule has 3 aromatic rings. The van der Waals surface area contributed by atoms with Crippen LogP contribution in [-0.4, -0.2) is 10.9 Å². The number of carbonyl (C=O) groups excluding carboxylic acids is 1. The second kappa shape index (κ2) is 5.13. The minimum Gasteiger partial charge on any atom is -0.439 e. The van der Waals surface area contributed by atoms with Gasteiger partial charge >= 0.3 is 0 Å². The fraction of sp³-hybridized carbons (Fsp3) is 0. The number of rotatable bonds is 3. The van der Waals surface area contributed by atoms with E-state index >= 15 is 0 Å². The molecular formula is C16H13N3O2. The van der Waals surface area contributed by atoms with Crippen molar-refractivity contribution in [3.8, 4) is 11.6 Å². The monoisotopic (exact) mass is 279 g/mol. The third-order valence-corrected chi connectivity index (χ3v) is 3.12. The first kappa shape index (κ1) is 12.9. The first-order valence-corrected chi connectivity index (χ1v) is 6.35. The molecule has 0 saturated carbocycles. The van der Waals surface area contributed by atoms with Gasteiger partial charge in [0.1, 0.15) is 5.75 Å². The average molecular weight is 279 g/mol. The predicted octanol–water partition coefficient (Wildman–Crippen LogP) is 2.71. The maximum atomic E-state index is 11.3. The van der Waals surface area contributed by atoms with E-state index in [-0.39, 0.29) is 17.1 Å². The maximum Gasteiger partial charge on any atom is 0.251 e. The Kier molecular flexibility index (Phi) is 3.16. The summed E-state index contributed by atoms with van der Waals surface area (Å²) in [6, 6.07) is 15.1. The molecule has 0 unspecified atom stereocenters. The van der Waals surface area contributed by atoms with Gasteiger partial charge in [-0.1, -0.05) is 30.3 Å². The standard InChI is InChI=1S/C16H13N3O2/c17-14-9-19-15(8-13(14)16(18)20)21-12-6-5-10-3-1-2-4-11(10)7-12/h1-9H,17H2,(H2,18,20). The minimum atomic E-state index is -0.613. The van der Waals surface area contributed by atoms with Crippen LogP contribution < -0.4 is 16.2 Å². The number of pyridine rings is 1. The number of hydrogen-bond acceptors (Lipinski definition) is 4. The number of carbonyl (C=O) groups is 1. The van der Waals surface area contributed by atoms with Crippen LogP contribution in [0.5, 0.6) is 11.6 Å². The van der Waals surface area contributed by atoms with Crippen LogP contribution in [0.3, 0.4) is 0 Å². The number of primary amides is 1. The predicted molar refractivity (Wildman–Crippen MR) is 81.2 cm³/mol. The molecule has 0 atom stereocenters. The summed E-state index contributed by atoms with van der Waals surface area (Å²) in [6.45, 7) is 0. The second-order valence-electron chi connectivity index (χ2n) is 4.59. The molecule has 0 spiro atoms. The summed E-state index contributed by atoms with van der Waals surface area (Å²) in [4.78, 5) is 15.3. The molecule has 0 saturated heterocycles. The van der Waals surface area contributed by atoms with Crippen LogP contribution in [0.25, 0.3) is 10.8 Å². The number of aromatic nitrogens is 1. The van der Waals surface area contributed by atoms with E-state index in [1.807, 2.05) is 42.5 Å². The molecule has 0 fully saturated rings. The number of anilines is 1. The highest BCUT2D eigenvalue weighted by Gasteiger charge is 2.09. The van der Waals surface area contributed by atoms with Crippen molar-refractivity contribution in [3.63, 3.8) is 0 Å². The highest BCUT2D eigenvalue weighted by Crippen LogP contribution is 2.26. The molecule has 1 aromatic heterocycles. The van der Waals surface area contributed by atoms with Crippen molar-refractivity contribution in [1.29, 1.82) is 0 Å². The third-order valence-electron chi connectivity index (χ3n) is 3.12. The number of nitrogen functional groups attached to an aromatic ring is 1. The number of hydrogen-bond donors (Lipinski definition) is 2. The summed E-state index contributed by atoms with van der Waals surface area (Å²) < 4.78 is 5.66. The number of amides is 1. The summed E-state index contributed by atoms with van der Waals surface area (Å²) in [5, 5.41) is 2.17. The zero-order valence-corrected chi connectivity index (χ0v) is 11.1.